The number of hydrogen-bond donors (Lipinski definition) is 2. The maximum atomic E-state index is 12.8. The van der Waals surface area contributed by atoms with Crippen molar-refractivity contribution < 1.29 is 4.74 Å². The molecule has 0 saturated carbocycles. The molecule has 154 valence electrons. The van der Waals surface area contributed by atoms with Gasteiger partial charge in [0.1, 0.15) is 5.75 Å². The van der Waals surface area contributed by atoms with Crippen molar-refractivity contribution in [2.45, 2.75) is 33.9 Å². The molecule has 0 amide bonds. The molecule has 1 aromatic heterocycles. The van der Waals surface area contributed by atoms with E-state index in [0.29, 0.717) is 24.2 Å². The normalized spacial score (nSPS) is 15.1. The number of aromatic nitrogens is 2. The Labute approximate surface area is 175 Å². The van der Waals surface area contributed by atoms with Crippen LogP contribution in [0, 0.1) is 20.8 Å². The smallest absolute Gasteiger partial charge is 0.257 e. The van der Waals surface area contributed by atoms with Crippen LogP contribution in [-0.2, 0) is 0 Å². The van der Waals surface area contributed by atoms with Gasteiger partial charge in [0, 0.05) is 17.4 Å². The number of hydrogen-bond acceptors (Lipinski definition) is 6. The molecule has 1 atom stereocenters. The highest BCUT2D eigenvalue weighted by atomic mass is 16.5. The Balaban J connectivity index is 1.77. The van der Waals surface area contributed by atoms with Crippen LogP contribution in [0.1, 0.15) is 35.5 Å². The van der Waals surface area contributed by atoms with E-state index in [1.807, 2.05) is 43.3 Å². The Hall–Kier alpha value is -3.61. The fraction of sp³-hybridized carbons (Fsp3) is 0.261. The number of benzene rings is 2. The van der Waals surface area contributed by atoms with Gasteiger partial charge in [-0.25, -0.2) is 9.98 Å². The van der Waals surface area contributed by atoms with Gasteiger partial charge in [-0.1, -0.05) is 24.3 Å². The molecule has 0 bridgehead atoms. The molecule has 2 N–H and O–H groups in total. The van der Waals surface area contributed by atoms with Crippen LogP contribution in [0.2, 0.25) is 0 Å². The van der Waals surface area contributed by atoms with Crippen LogP contribution < -0.4 is 20.9 Å². The molecule has 0 radical (unpaired) electrons. The first-order valence-electron chi connectivity index (χ1n) is 9.97. The predicted molar refractivity (Wildman–Crippen MR) is 120 cm³/mol. The number of anilines is 2. The number of ether oxygens (including phenoxy) is 1. The minimum absolute atomic E-state index is 0.154. The van der Waals surface area contributed by atoms with Crippen molar-refractivity contribution in [2.75, 3.05) is 17.2 Å². The second kappa shape index (κ2) is 8.02. The molecule has 30 heavy (non-hydrogen) atoms. The number of nitrogens with one attached hydrogen (secondary N) is 2. The molecule has 4 rings (SSSR count). The fourth-order valence-corrected chi connectivity index (χ4v) is 3.45. The van der Waals surface area contributed by atoms with Crippen molar-refractivity contribution in [1.29, 1.82) is 0 Å². The van der Waals surface area contributed by atoms with Gasteiger partial charge in [0.25, 0.3) is 5.56 Å². The van der Waals surface area contributed by atoms with Crippen molar-refractivity contribution in [3.63, 3.8) is 0 Å². The zero-order chi connectivity index (χ0) is 21.3. The summed E-state index contributed by atoms with van der Waals surface area (Å²) in [6.07, 6.45) is -0.537. The third kappa shape index (κ3) is 3.78. The summed E-state index contributed by atoms with van der Waals surface area (Å²) >= 11 is 0. The second-order valence-corrected chi connectivity index (χ2v) is 7.28. The number of nitrogens with zero attached hydrogens (tertiary/aromatic N) is 3. The Morgan fingerprint density at radius 2 is 1.90 bits per heavy atom. The lowest BCUT2D eigenvalue weighted by Gasteiger charge is -2.27. The van der Waals surface area contributed by atoms with Gasteiger partial charge < -0.3 is 10.1 Å². The van der Waals surface area contributed by atoms with Crippen LogP contribution in [0.25, 0.3) is 0 Å². The van der Waals surface area contributed by atoms with E-state index in [2.05, 4.69) is 35.5 Å². The minimum atomic E-state index is -0.537. The summed E-state index contributed by atoms with van der Waals surface area (Å²) in [5.41, 5.74) is 4.64. The minimum Gasteiger partial charge on any atom is -0.494 e. The van der Waals surface area contributed by atoms with E-state index in [1.165, 1.54) is 11.6 Å². The van der Waals surface area contributed by atoms with E-state index in [1.54, 1.807) is 11.5 Å². The van der Waals surface area contributed by atoms with E-state index in [0.717, 1.165) is 22.6 Å². The molecule has 1 aliphatic rings. The van der Waals surface area contributed by atoms with E-state index >= 15 is 0 Å². The summed E-state index contributed by atoms with van der Waals surface area (Å²) < 4.78 is 7.11. The van der Waals surface area contributed by atoms with Gasteiger partial charge in [0.05, 0.1) is 6.61 Å². The van der Waals surface area contributed by atoms with E-state index in [4.69, 9.17) is 9.73 Å². The summed E-state index contributed by atoms with van der Waals surface area (Å²) in [6, 6.07) is 15.2. The van der Waals surface area contributed by atoms with Crippen molar-refractivity contribution in [3.05, 3.63) is 81.3 Å². The lowest BCUT2D eigenvalue weighted by Crippen LogP contribution is -2.37. The van der Waals surface area contributed by atoms with E-state index in [9.17, 15) is 4.79 Å². The molecule has 7 heteroatoms. The fourth-order valence-electron chi connectivity index (χ4n) is 3.45. The van der Waals surface area contributed by atoms with Crippen LogP contribution in [0.3, 0.4) is 0 Å². The Morgan fingerprint density at radius 3 is 2.63 bits per heavy atom. The van der Waals surface area contributed by atoms with Crippen LogP contribution in [0.15, 0.2) is 58.3 Å². The van der Waals surface area contributed by atoms with Gasteiger partial charge in [0.2, 0.25) is 11.9 Å². The quantitative estimate of drug-likeness (QED) is 0.688. The van der Waals surface area contributed by atoms with Crippen molar-refractivity contribution >= 4 is 17.6 Å². The van der Waals surface area contributed by atoms with Gasteiger partial charge in [-0.2, -0.15) is 0 Å². The summed E-state index contributed by atoms with van der Waals surface area (Å²) in [5.74, 6) is 1.78. The summed E-state index contributed by atoms with van der Waals surface area (Å²) in [7, 11) is 0. The standard InChI is InChI=1S/C23H25N5O2/c1-5-30-18-11-9-17(10-12-18)21-26-22(25-19-8-6-7-14(2)16(19)4)27-23-24-15(3)13-20(29)28(21)23/h6-13,21H,5H2,1-4H3,(H2,24,25,26,27)/t21-/m1/s1. The molecule has 2 aromatic carbocycles. The summed E-state index contributed by atoms with van der Waals surface area (Å²) in [6.45, 7) is 8.48. The van der Waals surface area contributed by atoms with Crippen LogP contribution >= 0.6 is 0 Å². The summed E-state index contributed by atoms with van der Waals surface area (Å²) in [4.78, 5) is 22.1. The molecule has 0 aliphatic carbocycles. The van der Waals surface area contributed by atoms with Crippen LogP contribution in [0.4, 0.5) is 11.6 Å². The lowest BCUT2D eigenvalue weighted by atomic mass is 10.1. The number of aryl methyl sites for hydroxylation is 2. The van der Waals surface area contributed by atoms with Gasteiger partial charge in [0.15, 0.2) is 6.17 Å². The zero-order valence-corrected chi connectivity index (χ0v) is 17.6. The number of rotatable bonds is 4. The molecule has 2 heterocycles. The molecular weight excluding hydrogens is 378 g/mol. The number of aliphatic imine (C=N–C) groups is 1. The highest BCUT2D eigenvalue weighted by molar-refractivity contribution is 6.04. The first kappa shape index (κ1) is 19.7. The third-order valence-electron chi connectivity index (χ3n) is 5.15. The SMILES string of the molecule is CCOc1ccc([C@@H]2N=C(Nc3cccc(C)c3C)Nc3nc(C)cc(=O)n32)cc1. The molecule has 0 saturated heterocycles. The molecule has 0 spiro atoms. The average Bonchev–Trinajstić information content (AvgIpc) is 2.71. The van der Waals surface area contributed by atoms with E-state index < -0.39 is 6.17 Å². The van der Waals surface area contributed by atoms with Crippen molar-refractivity contribution in [3.8, 4) is 5.75 Å². The van der Waals surface area contributed by atoms with Crippen LogP contribution in [0.5, 0.6) is 5.75 Å². The topological polar surface area (TPSA) is 80.5 Å². The average molecular weight is 403 g/mol. The van der Waals surface area contributed by atoms with Crippen molar-refractivity contribution in [2.24, 2.45) is 4.99 Å². The first-order chi connectivity index (χ1) is 14.5. The Kier molecular flexibility index (Phi) is 5.27. The maximum Gasteiger partial charge on any atom is 0.257 e. The largest absolute Gasteiger partial charge is 0.494 e. The van der Waals surface area contributed by atoms with E-state index in [-0.39, 0.29) is 5.56 Å². The second-order valence-electron chi connectivity index (χ2n) is 7.28. The molecule has 1 aliphatic heterocycles. The van der Waals surface area contributed by atoms with Gasteiger partial charge in [-0.15, -0.1) is 0 Å². The molecule has 3 aromatic rings. The monoisotopic (exact) mass is 403 g/mol. The Morgan fingerprint density at radius 1 is 1.13 bits per heavy atom. The predicted octanol–water partition coefficient (Wildman–Crippen LogP) is 4.01. The third-order valence-corrected chi connectivity index (χ3v) is 5.15. The van der Waals surface area contributed by atoms with Gasteiger partial charge in [-0.05, 0) is 62.6 Å². The lowest BCUT2D eigenvalue weighted by molar-refractivity contribution is 0.340. The van der Waals surface area contributed by atoms with Gasteiger partial charge >= 0.3 is 0 Å². The summed E-state index contributed by atoms with van der Waals surface area (Å²) in [5, 5.41) is 6.53. The first-order valence-corrected chi connectivity index (χ1v) is 9.97. The highest BCUT2D eigenvalue weighted by Gasteiger charge is 2.25. The molecule has 0 unspecified atom stereocenters. The van der Waals surface area contributed by atoms with Crippen LogP contribution in [-0.4, -0.2) is 22.1 Å². The Bertz CT molecular complexity index is 1170. The van der Waals surface area contributed by atoms with Gasteiger partial charge in [-0.3, -0.25) is 14.7 Å². The molecular formula is C23H25N5O2. The number of guanidine groups is 1. The highest BCUT2D eigenvalue weighted by Crippen LogP contribution is 2.28. The molecule has 0 fully saturated rings. The molecule has 7 nitrogen and oxygen atoms in total. The maximum absolute atomic E-state index is 12.8. The number of fused-ring (bicyclic) bond motifs is 1. The van der Waals surface area contributed by atoms with Crippen molar-refractivity contribution in [1.82, 2.24) is 9.55 Å². The zero-order valence-electron chi connectivity index (χ0n) is 17.6.